The Morgan fingerprint density at radius 2 is 2.20 bits per heavy atom. The molecule has 1 heterocycles. The summed E-state index contributed by atoms with van der Waals surface area (Å²) in [4.78, 5) is 19.1. The summed E-state index contributed by atoms with van der Waals surface area (Å²) in [7, 11) is 1.72. The monoisotopic (exact) mass is 207 g/mol. The van der Waals surface area contributed by atoms with Crippen molar-refractivity contribution in [2.24, 2.45) is 0 Å². The Bertz CT molecular complexity index is 383. The first-order chi connectivity index (χ1) is 7.15. The molecule has 15 heavy (non-hydrogen) atoms. The van der Waals surface area contributed by atoms with E-state index in [9.17, 15) is 10.1 Å². The van der Waals surface area contributed by atoms with Crippen LogP contribution in [0.3, 0.4) is 0 Å². The molecule has 0 atom stereocenters. The summed E-state index contributed by atoms with van der Waals surface area (Å²) in [5.74, 6) is 0.371. The molecular weight excluding hydrogens is 198 g/mol. The van der Waals surface area contributed by atoms with Crippen molar-refractivity contribution in [2.75, 3.05) is 18.5 Å². The Morgan fingerprint density at radius 3 is 2.67 bits per heavy atom. The maximum absolute atomic E-state index is 10.3. The molecule has 0 unspecified atom stereocenters. The quantitative estimate of drug-likeness (QED) is 0.533. The highest BCUT2D eigenvalue weighted by Crippen LogP contribution is 2.10. The molecule has 0 saturated carbocycles. The summed E-state index contributed by atoms with van der Waals surface area (Å²) in [6, 6.07) is 1.99. The lowest BCUT2D eigenvalue weighted by atomic mass is 10.4. The maximum Gasteiger partial charge on any atom is 0.305 e. The molecular formula is C8H9N5O2. The van der Waals surface area contributed by atoms with Crippen molar-refractivity contribution < 1.29 is 4.92 Å². The van der Waals surface area contributed by atoms with Crippen molar-refractivity contribution in [1.29, 1.82) is 5.26 Å². The number of hydrogen-bond donors (Lipinski definition) is 0. The summed E-state index contributed by atoms with van der Waals surface area (Å²) in [5.41, 5.74) is -0.146. The minimum absolute atomic E-state index is 0.146. The Morgan fingerprint density at radius 1 is 1.60 bits per heavy atom. The van der Waals surface area contributed by atoms with E-state index in [1.807, 2.05) is 6.07 Å². The Labute approximate surface area is 86.1 Å². The molecule has 0 aliphatic heterocycles. The Balaban J connectivity index is 2.71. The smallest absolute Gasteiger partial charge is 0.305 e. The second-order valence-corrected chi connectivity index (χ2v) is 2.83. The number of hydrogen-bond acceptors (Lipinski definition) is 6. The van der Waals surface area contributed by atoms with E-state index in [4.69, 9.17) is 5.26 Å². The molecule has 0 saturated heterocycles. The van der Waals surface area contributed by atoms with Crippen LogP contribution in [0.2, 0.25) is 0 Å². The van der Waals surface area contributed by atoms with Gasteiger partial charge in [0.1, 0.15) is 12.4 Å². The predicted molar refractivity (Wildman–Crippen MR) is 52.2 cm³/mol. The number of nitriles is 1. The van der Waals surface area contributed by atoms with Gasteiger partial charge in [0.2, 0.25) is 5.95 Å². The topological polar surface area (TPSA) is 96.0 Å². The number of aromatic nitrogens is 2. The molecule has 0 aliphatic carbocycles. The third-order valence-electron chi connectivity index (χ3n) is 1.74. The van der Waals surface area contributed by atoms with E-state index in [0.717, 1.165) is 12.4 Å². The summed E-state index contributed by atoms with van der Waals surface area (Å²) in [6.07, 6.45) is 2.65. The third kappa shape index (κ3) is 2.87. The number of anilines is 1. The van der Waals surface area contributed by atoms with E-state index in [1.165, 1.54) is 0 Å². The van der Waals surface area contributed by atoms with Crippen molar-refractivity contribution in [1.82, 2.24) is 9.97 Å². The van der Waals surface area contributed by atoms with Crippen LogP contribution >= 0.6 is 0 Å². The minimum atomic E-state index is -0.556. The molecule has 0 aromatic carbocycles. The molecule has 0 fully saturated rings. The van der Waals surface area contributed by atoms with Crippen molar-refractivity contribution in [2.45, 2.75) is 6.42 Å². The molecule has 0 radical (unpaired) electrons. The summed E-state index contributed by atoms with van der Waals surface area (Å²) in [5, 5.41) is 18.7. The highest BCUT2D eigenvalue weighted by Gasteiger charge is 2.08. The molecule has 7 nitrogen and oxygen atoms in total. The lowest BCUT2D eigenvalue weighted by Crippen LogP contribution is -2.20. The van der Waals surface area contributed by atoms with Crippen molar-refractivity contribution >= 4 is 11.6 Å². The molecule has 0 aliphatic rings. The van der Waals surface area contributed by atoms with Gasteiger partial charge in [-0.15, -0.1) is 0 Å². The van der Waals surface area contributed by atoms with E-state index in [2.05, 4.69) is 9.97 Å². The molecule has 0 spiro atoms. The second kappa shape index (κ2) is 4.85. The Kier molecular flexibility index (Phi) is 3.51. The first-order valence-electron chi connectivity index (χ1n) is 4.19. The molecule has 0 N–H and O–H groups in total. The molecule has 1 aromatic heterocycles. The van der Waals surface area contributed by atoms with Crippen LogP contribution in [0.5, 0.6) is 0 Å². The van der Waals surface area contributed by atoms with Gasteiger partial charge in [-0.25, -0.2) is 9.97 Å². The largest absolute Gasteiger partial charge is 0.343 e. The molecule has 78 valence electrons. The highest BCUT2D eigenvalue weighted by molar-refractivity contribution is 5.32. The van der Waals surface area contributed by atoms with Crippen LogP contribution in [0.25, 0.3) is 0 Å². The van der Waals surface area contributed by atoms with Crippen molar-refractivity contribution in [3.8, 4) is 6.07 Å². The van der Waals surface area contributed by atoms with Gasteiger partial charge in [-0.2, -0.15) is 5.26 Å². The zero-order valence-corrected chi connectivity index (χ0v) is 8.12. The zero-order valence-electron chi connectivity index (χ0n) is 8.12. The van der Waals surface area contributed by atoms with Gasteiger partial charge in [0, 0.05) is 13.6 Å². The average Bonchev–Trinajstić information content (AvgIpc) is 2.26. The first-order valence-corrected chi connectivity index (χ1v) is 4.19. The highest BCUT2D eigenvalue weighted by atomic mass is 16.6. The van der Waals surface area contributed by atoms with E-state index in [0.29, 0.717) is 18.9 Å². The zero-order chi connectivity index (χ0) is 11.3. The lowest BCUT2D eigenvalue weighted by molar-refractivity contribution is -0.385. The standard InChI is InChI=1S/C8H9N5O2/c1-12(4-2-3-9)8-10-5-7(6-11-8)13(14)15/h5-6H,2,4H2,1H3. The molecule has 1 rings (SSSR count). The van der Waals surface area contributed by atoms with Crippen molar-refractivity contribution in [3.63, 3.8) is 0 Å². The Hall–Kier alpha value is -2.23. The van der Waals surface area contributed by atoms with Crippen LogP contribution < -0.4 is 4.90 Å². The van der Waals surface area contributed by atoms with Gasteiger partial charge in [-0.1, -0.05) is 0 Å². The van der Waals surface area contributed by atoms with Gasteiger partial charge in [0.15, 0.2) is 0 Å². The SMILES string of the molecule is CN(CCC#N)c1ncc([N+](=O)[O-])cn1. The molecule has 0 bridgehead atoms. The number of nitrogens with zero attached hydrogens (tertiary/aromatic N) is 5. The normalized spacial score (nSPS) is 9.33. The van der Waals surface area contributed by atoms with E-state index in [1.54, 1.807) is 11.9 Å². The predicted octanol–water partition coefficient (Wildman–Crippen LogP) is 0.735. The molecule has 1 aromatic rings. The third-order valence-corrected chi connectivity index (χ3v) is 1.74. The average molecular weight is 207 g/mol. The molecule has 7 heteroatoms. The van der Waals surface area contributed by atoms with Crippen LogP contribution in [0.1, 0.15) is 6.42 Å². The second-order valence-electron chi connectivity index (χ2n) is 2.83. The van der Waals surface area contributed by atoms with Crippen molar-refractivity contribution in [3.05, 3.63) is 22.5 Å². The van der Waals surface area contributed by atoms with Crippen LogP contribution in [-0.2, 0) is 0 Å². The summed E-state index contributed by atoms with van der Waals surface area (Å²) in [6.45, 7) is 0.494. The fraction of sp³-hybridized carbons (Fsp3) is 0.375. The van der Waals surface area contributed by atoms with E-state index in [-0.39, 0.29) is 5.69 Å². The maximum atomic E-state index is 10.3. The molecule has 0 amide bonds. The van der Waals surface area contributed by atoms with Gasteiger partial charge in [0.05, 0.1) is 17.4 Å². The summed E-state index contributed by atoms with van der Waals surface area (Å²) < 4.78 is 0. The number of nitro groups is 1. The van der Waals surface area contributed by atoms with E-state index >= 15 is 0 Å². The van der Waals surface area contributed by atoms with Crippen LogP contribution in [0.15, 0.2) is 12.4 Å². The van der Waals surface area contributed by atoms with Gasteiger partial charge in [0.25, 0.3) is 0 Å². The fourth-order valence-electron chi connectivity index (χ4n) is 0.924. The minimum Gasteiger partial charge on any atom is -0.343 e. The van der Waals surface area contributed by atoms with Crippen LogP contribution in [0, 0.1) is 21.4 Å². The number of rotatable bonds is 4. The van der Waals surface area contributed by atoms with Crippen LogP contribution in [0.4, 0.5) is 11.6 Å². The van der Waals surface area contributed by atoms with Gasteiger partial charge < -0.3 is 4.90 Å². The van der Waals surface area contributed by atoms with E-state index < -0.39 is 4.92 Å². The van der Waals surface area contributed by atoms with Gasteiger partial charge >= 0.3 is 5.69 Å². The summed E-state index contributed by atoms with van der Waals surface area (Å²) >= 11 is 0. The fourth-order valence-corrected chi connectivity index (χ4v) is 0.924. The lowest BCUT2D eigenvalue weighted by Gasteiger charge is -2.13. The first kappa shape index (κ1) is 10.8. The van der Waals surface area contributed by atoms with Gasteiger partial charge in [-0.3, -0.25) is 10.1 Å². The van der Waals surface area contributed by atoms with Crippen LogP contribution in [-0.4, -0.2) is 28.5 Å². The van der Waals surface area contributed by atoms with Gasteiger partial charge in [-0.05, 0) is 0 Å².